The van der Waals surface area contributed by atoms with E-state index in [-0.39, 0.29) is 5.92 Å². The van der Waals surface area contributed by atoms with Crippen LogP contribution in [0.2, 0.25) is 0 Å². The number of benzene rings is 3. The molecule has 0 fully saturated rings. The van der Waals surface area contributed by atoms with Gasteiger partial charge >= 0.3 is 0 Å². The third kappa shape index (κ3) is 3.76. The monoisotopic (exact) mass is 362 g/mol. The Labute approximate surface area is 158 Å². The molecule has 0 radical (unpaired) electrons. The minimum atomic E-state index is -0.620. The molecule has 4 nitrogen and oxygen atoms in total. The molecule has 0 spiro atoms. The van der Waals surface area contributed by atoms with Crippen molar-refractivity contribution in [2.75, 3.05) is 13.7 Å². The lowest BCUT2D eigenvalue weighted by Crippen LogP contribution is -2.24. The predicted molar refractivity (Wildman–Crippen MR) is 103 cm³/mol. The Morgan fingerprint density at radius 2 is 1.70 bits per heavy atom. The third-order valence-electron chi connectivity index (χ3n) is 4.90. The molecule has 0 aromatic heterocycles. The van der Waals surface area contributed by atoms with Crippen molar-refractivity contribution in [2.24, 2.45) is 0 Å². The second-order valence-electron chi connectivity index (χ2n) is 6.61. The van der Waals surface area contributed by atoms with Crippen molar-refractivity contribution in [1.29, 1.82) is 0 Å². The minimum Gasteiger partial charge on any atom is -0.497 e. The Hall–Kier alpha value is -2.98. The van der Waals surface area contributed by atoms with Gasteiger partial charge in [0.2, 0.25) is 0 Å². The molecule has 1 aliphatic rings. The molecule has 4 heteroatoms. The highest BCUT2D eigenvalue weighted by atomic mass is 16.5. The number of aliphatic hydroxyl groups is 1. The first-order valence-electron chi connectivity index (χ1n) is 9.00. The standard InChI is InChI=1S/C23H22O4/c1-25-18-9-7-17(8-10-18)21-15-27-22-13-19(11-12-20(22)23(21)24)26-14-16-5-3-2-4-6-16/h2-13,21,23-24H,14-15H2,1H3. The molecule has 138 valence electrons. The SMILES string of the molecule is COc1ccc(C2COc3cc(OCc4ccccc4)ccc3C2O)cc1. The molecule has 0 bridgehead atoms. The second kappa shape index (κ2) is 7.72. The highest BCUT2D eigenvalue weighted by molar-refractivity contribution is 5.45. The van der Waals surface area contributed by atoms with E-state index in [2.05, 4.69) is 0 Å². The molecule has 0 amide bonds. The van der Waals surface area contributed by atoms with Gasteiger partial charge in [0.15, 0.2) is 0 Å². The van der Waals surface area contributed by atoms with E-state index >= 15 is 0 Å². The average molecular weight is 362 g/mol. The van der Waals surface area contributed by atoms with Gasteiger partial charge in [0.25, 0.3) is 0 Å². The number of rotatable bonds is 5. The van der Waals surface area contributed by atoms with Crippen LogP contribution >= 0.6 is 0 Å². The predicted octanol–water partition coefficient (Wildman–Crippen LogP) is 4.48. The number of fused-ring (bicyclic) bond motifs is 1. The number of hydrogen-bond acceptors (Lipinski definition) is 4. The molecule has 4 rings (SSSR count). The maximum atomic E-state index is 10.8. The molecule has 1 heterocycles. The van der Waals surface area contributed by atoms with Crippen molar-refractivity contribution in [1.82, 2.24) is 0 Å². The fourth-order valence-corrected chi connectivity index (χ4v) is 3.33. The van der Waals surface area contributed by atoms with Crippen LogP contribution in [0.25, 0.3) is 0 Å². The van der Waals surface area contributed by atoms with Crippen molar-refractivity contribution >= 4 is 0 Å². The van der Waals surface area contributed by atoms with Crippen LogP contribution in [-0.4, -0.2) is 18.8 Å². The lowest BCUT2D eigenvalue weighted by atomic mass is 9.87. The van der Waals surface area contributed by atoms with Crippen LogP contribution in [0.1, 0.15) is 28.7 Å². The molecule has 3 aromatic rings. The van der Waals surface area contributed by atoms with Crippen LogP contribution in [0.4, 0.5) is 0 Å². The van der Waals surface area contributed by atoms with Crippen LogP contribution in [0.3, 0.4) is 0 Å². The average Bonchev–Trinajstić information content (AvgIpc) is 2.73. The first-order chi connectivity index (χ1) is 13.2. The summed E-state index contributed by atoms with van der Waals surface area (Å²) in [5.74, 6) is 2.09. The summed E-state index contributed by atoms with van der Waals surface area (Å²) < 4.78 is 17.0. The van der Waals surface area contributed by atoms with Crippen LogP contribution < -0.4 is 14.2 Å². The van der Waals surface area contributed by atoms with Crippen molar-refractivity contribution in [2.45, 2.75) is 18.6 Å². The fraction of sp³-hybridized carbons (Fsp3) is 0.217. The molecule has 27 heavy (non-hydrogen) atoms. The van der Waals surface area contributed by atoms with Gasteiger partial charge in [0, 0.05) is 17.5 Å². The number of methoxy groups -OCH3 is 1. The Morgan fingerprint density at radius 1 is 0.963 bits per heavy atom. The van der Waals surface area contributed by atoms with Gasteiger partial charge in [0.1, 0.15) is 23.9 Å². The smallest absolute Gasteiger partial charge is 0.128 e. The molecule has 1 aliphatic heterocycles. The Bertz CT molecular complexity index is 890. The third-order valence-corrected chi connectivity index (χ3v) is 4.90. The minimum absolute atomic E-state index is 0.112. The van der Waals surface area contributed by atoms with Crippen LogP contribution in [-0.2, 0) is 6.61 Å². The number of ether oxygens (including phenoxy) is 3. The highest BCUT2D eigenvalue weighted by Gasteiger charge is 2.31. The van der Waals surface area contributed by atoms with E-state index in [1.54, 1.807) is 7.11 Å². The topological polar surface area (TPSA) is 47.9 Å². The quantitative estimate of drug-likeness (QED) is 0.727. The molecular weight excluding hydrogens is 340 g/mol. The highest BCUT2D eigenvalue weighted by Crippen LogP contribution is 2.42. The Morgan fingerprint density at radius 3 is 2.44 bits per heavy atom. The van der Waals surface area contributed by atoms with Crippen molar-refractivity contribution in [3.05, 3.63) is 89.5 Å². The van der Waals surface area contributed by atoms with Gasteiger partial charge in [-0.3, -0.25) is 0 Å². The summed E-state index contributed by atoms with van der Waals surface area (Å²) >= 11 is 0. The van der Waals surface area contributed by atoms with E-state index in [0.29, 0.717) is 19.0 Å². The lowest BCUT2D eigenvalue weighted by Gasteiger charge is -2.31. The first-order valence-corrected chi connectivity index (χ1v) is 9.00. The summed E-state index contributed by atoms with van der Waals surface area (Å²) in [7, 11) is 1.64. The summed E-state index contributed by atoms with van der Waals surface area (Å²) in [5.41, 5.74) is 2.92. The van der Waals surface area contributed by atoms with Gasteiger partial charge < -0.3 is 19.3 Å². The van der Waals surface area contributed by atoms with Crippen LogP contribution in [0.15, 0.2) is 72.8 Å². The summed E-state index contributed by atoms with van der Waals surface area (Å²) in [6, 6.07) is 23.4. The second-order valence-corrected chi connectivity index (χ2v) is 6.61. The van der Waals surface area contributed by atoms with Gasteiger partial charge in [-0.1, -0.05) is 42.5 Å². The van der Waals surface area contributed by atoms with Crippen LogP contribution in [0.5, 0.6) is 17.2 Å². The van der Waals surface area contributed by atoms with E-state index in [9.17, 15) is 5.11 Å². The number of aliphatic hydroxyl groups excluding tert-OH is 1. The summed E-state index contributed by atoms with van der Waals surface area (Å²) in [6.07, 6.45) is -0.620. The zero-order valence-electron chi connectivity index (χ0n) is 15.2. The van der Waals surface area contributed by atoms with Gasteiger partial charge in [-0.05, 0) is 35.4 Å². The number of hydrogen-bond donors (Lipinski definition) is 1. The molecule has 1 N–H and O–H groups in total. The largest absolute Gasteiger partial charge is 0.497 e. The Balaban J connectivity index is 1.48. The lowest BCUT2D eigenvalue weighted by molar-refractivity contribution is 0.0886. The first kappa shape index (κ1) is 17.4. The van der Waals surface area contributed by atoms with E-state index in [1.165, 1.54) is 0 Å². The van der Waals surface area contributed by atoms with Crippen LogP contribution in [0, 0.1) is 0 Å². The summed E-state index contributed by atoms with van der Waals surface area (Å²) in [6.45, 7) is 0.916. The van der Waals surface area contributed by atoms with E-state index < -0.39 is 6.10 Å². The molecule has 0 aliphatic carbocycles. The molecule has 0 saturated carbocycles. The van der Waals surface area contributed by atoms with Gasteiger partial charge in [-0.25, -0.2) is 0 Å². The zero-order valence-corrected chi connectivity index (χ0v) is 15.2. The van der Waals surface area contributed by atoms with Crippen molar-refractivity contribution in [3.63, 3.8) is 0 Å². The maximum absolute atomic E-state index is 10.8. The van der Waals surface area contributed by atoms with E-state index in [1.807, 2.05) is 72.8 Å². The fourth-order valence-electron chi connectivity index (χ4n) is 3.33. The molecular formula is C23H22O4. The summed E-state index contributed by atoms with van der Waals surface area (Å²) in [5, 5.41) is 10.8. The normalized spacial score (nSPS) is 18.3. The molecule has 3 aromatic carbocycles. The molecule has 2 unspecified atom stereocenters. The van der Waals surface area contributed by atoms with Crippen molar-refractivity contribution in [3.8, 4) is 17.2 Å². The summed E-state index contributed by atoms with van der Waals surface area (Å²) in [4.78, 5) is 0. The molecule has 2 atom stereocenters. The van der Waals surface area contributed by atoms with Gasteiger partial charge in [-0.2, -0.15) is 0 Å². The van der Waals surface area contributed by atoms with E-state index in [0.717, 1.165) is 28.2 Å². The zero-order chi connectivity index (χ0) is 18.6. The molecule has 0 saturated heterocycles. The maximum Gasteiger partial charge on any atom is 0.128 e. The van der Waals surface area contributed by atoms with Crippen molar-refractivity contribution < 1.29 is 19.3 Å². The van der Waals surface area contributed by atoms with E-state index in [4.69, 9.17) is 14.2 Å². The van der Waals surface area contributed by atoms with Gasteiger partial charge in [-0.15, -0.1) is 0 Å². The Kier molecular flexibility index (Phi) is 4.99. The van der Waals surface area contributed by atoms with Gasteiger partial charge in [0.05, 0.1) is 19.8 Å².